The molecule has 182 valence electrons. The van der Waals surface area contributed by atoms with Gasteiger partial charge in [0.25, 0.3) is 5.91 Å². The first kappa shape index (κ1) is 25.5. The molecule has 3 aromatic carbocycles. The molecule has 0 saturated carbocycles. The van der Waals surface area contributed by atoms with Gasteiger partial charge >= 0.3 is 0 Å². The Hall–Kier alpha value is -4.13. The number of rotatable bonds is 8. The molecule has 7 heteroatoms. The molecule has 0 unspecified atom stereocenters. The second-order valence-electron chi connectivity index (χ2n) is 9.15. The second-order valence-corrected chi connectivity index (χ2v) is 9.15. The van der Waals surface area contributed by atoms with Crippen LogP contribution in [0.3, 0.4) is 0 Å². The monoisotopic (exact) mass is 472 g/mol. The quantitative estimate of drug-likeness (QED) is 0.410. The van der Waals surface area contributed by atoms with Gasteiger partial charge in [-0.15, -0.1) is 0 Å². The number of carbonyl (C=O) groups is 3. The van der Waals surface area contributed by atoms with Crippen LogP contribution in [0.5, 0.6) is 0 Å². The van der Waals surface area contributed by atoms with E-state index in [0.29, 0.717) is 29.2 Å². The van der Waals surface area contributed by atoms with E-state index in [1.807, 2.05) is 70.2 Å². The summed E-state index contributed by atoms with van der Waals surface area (Å²) in [5.74, 6) is -0.412. The Morgan fingerprint density at radius 3 is 2.06 bits per heavy atom. The lowest BCUT2D eigenvalue weighted by Crippen LogP contribution is -2.30. The Kier molecular flexibility index (Phi) is 8.25. The molecule has 0 aliphatic rings. The van der Waals surface area contributed by atoms with E-state index in [2.05, 4.69) is 16.0 Å². The maximum absolute atomic E-state index is 12.9. The largest absolute Gasteiger partial charge is 0.376 e. The van der Waals surface area contributed by atoms with Crippen LogP contribution in [0.1, 0.15) is 38.1 Å². The Morgan fingerprint density at radius 2 is 1.43 bits per heavy atom. The topological polar surface area (TPSA) is 90.5 Å². The van der Waals surface area contributed by atoms with Crippen molar-refractivity contribution in [2.24, 2.45) is 5.41 Å². The molecule has 0 spiro atoms. The molecule has 0 aromatic heterocycles. The van der Waals surface area contributed by atoms with Gasteiger partial charge in [0, 0.05) is 40.3 Å². The van der Waals surface area contributed by atoms with E-state index in [4.69, 9.17) is 0 Å². The van der Waals surface area contributed by atoms with Crippen molar-refractivity contribution in [1.29, 1.82) is 0 Å². The summed E-state index contributed by atoms with van der Waals surface area (Å²) >= 11 is 0. The standard InChI is InChI=1S/C28H32N4O3/c1-5-32(24-12-7-6-8-13-24)26(34)20-14-16-21(17-15-20)30-25(33)19-29-22-10-9-11-23(18-22)31-27(35)28(2,3)4/h6-18,29H,5,19H2,1-4H3,(H,30,33)(H,31,35). The van der Waals surface area contributed by atoms with Crippen molar-refractivity contribution in [3.05, 3.63) is 84.4 Å². The van der Waals surface area contributed by atoms with Gasteiger partial charge in [0.1, 0.15) is 0 Å². The van der Waals surface area contributed by atoms with Crippen molar-refractivity contribution in [2.75, 3.05) is 33.9 Å². The van der Waals surface area contributed by atoms with Gasteiger partial charge in [0.2, 0.25) is 11.8 Å². The third-order valence-corrected chi connectivity index (χ3v) is 5.30. The summed E-state index contributed by atoms with van der Waals surface area (Å²) in [6.45, 7) is 8.07. The molecule has 0 bridgehead atoms. The SMILES string of the molecule is CCN(C(=O)c1ccc(NC(=O)CNc2cccc(NC(=O)C(C)(C)C)c2)cc1)c1ccccc1. The van der Waals surface area contributed by atoms with Gasteiger partial charge in [0.05, 0.1) is 6.54 Å². The van der Waals surface area contributed by atoms with Crippen LogP contribution in [0.15, 0.2) is 78.9 Å². The molecule has 3 rings (SSSR count). The molecule has 3 aromatic rings. The maximum Gasteiger partial charge on any atom is 0.258 e. The molecule has 0 saturated heterocycles. The zero-order valence-corrected chi connectivity index (χ0v) is 20.6. The lowest BCUT2D eigenvalue weighted by atomic mass is 9.95. The van der Waals surface area contributed by atoms with Crippen molar-refractivity contribution in [2.45, 2.75) is 27.7 Å². The number of hydrogen-bond acceptors (Lipinski definition) is 4. The molecule has 7 nitrogen and oxygen atoms in total. The highest BCUT2D eigenvalue weighted by Gasteiger charge is 2.21. The lowest BCUT2D eigenvalue weighted by molar-refractivity contribution is -0.123. The molecular weight excluding hydrogens is 440 g/mol. The third kappa shape index (κ3) is 7.17. The average molecular weight is 473 g/mol. The normalized spacial score (nSPS) is 10.9. The zero-order chi connectivity index (χ0) is 25.4. The minimum absolute atomic E-state index is 0.0506. The fraction of sp³-hybridized carbons (Fsp3) is 0.250. The van der Waals surface area contributed by atoms with Gasteiger partial charge in [-0.25, -0.2) is 0 Å². The molecule has 0 atom stereocenters. The van der Waals surface area contributed by atoms with E-state index >= 15 is 0 Å². The molecular formula is C28H32N4O3. The van der Waals surface area contributed by atoms with Crippen molar-refractivity contribution in [1.82, 2.24) is 0 Å². The van der Waals surface area contributed by atoms with Crippen molar-refractivity contribution in [3.8, 4) is 0 Å². The van der Waals surface area contributed by atoms with Crippen LogP contribution in [-0.2, 0) is 9.59 Å². The van der Waals surface area contributed by atoms with Crippen LogP contribution in [0.4, 0.5) is 22.7 Å². The number of hydrogen-bond donors (Lipinski definition) is 3. The Morgan fingerprint density at radius 1 is 0.771 bits per heavy atom. The summed E-state index contributed by atoms with van der Waals surface area (Å²) in [5.41, 5.74) is 2.86. The maximum atomic E-state index is 12.9. The number of anilines is 4. The number of carbonyl (C=O) groups excluding carboxylic acids is 3. The fourth-order valence-electron chi connectivity index (χ4n) is 3.32. The van der Waals surface area contributed by atoms with Gasteiger partial charge in [0.15, 0.2) is 0 Å². The number of nitrogens with one attached hydrogen (secondary N) is 3. The summed E-state index contributed by atoms with van der Waals surface area (Å²) in [6.07, 6.45) is 0. The van der Waals surface area contributed by atoms with E-state index in [9.17, 15) is 14.4 Å². The second kappa shape index (κ2) is 11.3. The minimum atomic E-state index is -0.500. The Bertz CT molecular complexity index is 1170. The van der Waals surface area contributed by atoms with Crippen LogP contribution in [0.25, 0.3) is 0 Å². The summed E-state index contributed by atoms with van der Waals surface area (Å²) < 4.78 is 0. The first-order valence-corrected chi connectivity index (χ1v) is 11.6. The highest BCUT2D eigenvalue weighted by atomic mass is 16.2. The first-order valence-electron chi connectivity index (χ1n) is 11.6. The van der Waals surface area contributed by atoms with Crippen LogP contribution in [-0.4, -0.2) is 30.8 Å². The molecule has 0 aliphatic heterocycles. The van der Waals surface area contributed by atoms with Gasteiger partial charge in [-0.1, -0.05) is 45.0 Å². The summed E-state index contributed by atoms with van der Waals surface area (Å²) in [4.78, 5) is 39.2. The van der Waals surface area contributed by atoms with Gasteiger partial charge < -0.3 is 20.9 Å². The highest BCUT2D eigenvalue weighted by molar-refractivity contribution is 6.06. The van der Waals surface area contributed by atoms with E-state index in [1.54, 1.807) is 41.3 Å². The van der Waals surface area contributed by atoms with E-state index < -0.39 is 5.41 Å². The molecule has 0 fully saturated rings. The van der Waals surface area contributed by atoms with Crippen LogP contribution >= 0.6 is 0 Å². The van der Waals surface area contributed by atoms with Gasteiger partial charge in [-0.2, -0.15) is 0 Å². The molecule has 0 aliphatic carbocycles. The number of amides is 3. The fourth-order valence-corrected chi connectivity index (χ4v) is 3.32. The predicted octanol–water partition coefficient (Wildman–Crippen LogP) is 5.39. The van der Waals surface area contributed by atoms with E-state index in [1.165, 1.54) is 0 Å². The van der Waals surface area contributed by atoms with Gasteiger partial charge in [-0.3, -0.25) is 14.4 Å². The first-order chi connectivity index (χ1) is 16.7. The summed E-state index contributed by atoms with van der Waals surface area (Å²) in [7, 11) is 0. The number of para-hydroxylation sites is 1. The van der Waals surface area contributed by atoms with Crippen LogP contribution in [0.2, 0.25) is 0 Å². The third-order valence-electron chi connectivity index (χ3n) is 5.30. The molecule has 35 heavy (non-hydrogen) atoms. The average Bonchev–Trinajstić information content (AvgIpc) is 2.84. The van der Waals surface area contributed by atoms with Crippen molar-refractivity contribution < 1.29 is 14.4 Å². The summed E-state index contributed by atoms with van der Waals surface area (Å²) in [5, 5.41) is 8.76. The highest BCUT2D eigenvalue weighted by Crippen LogP contribution is 2.21. The molecule has 3 amide bonds. The smallest absolute Gasteiger partial charge is 0.258 e. The summed E-state index contributed by atoms with van der Waals surface area (Å²) in [6, 6.07) is 23.6. The van der Waals surface area contributed by atoms with Crippen LogP contribution < -0.4 is 20.9 Å². The zero-order valence-electron chi connectivity index (χ0n) is 20.6. The van der Waals surface area contributed by atoms with Crippen molar-refractivity contribution >= 4 is 40.5 Å². The Labute approximate surface area is 206 Å². The Balaban J connectivity index is 1.55. The molecule has 3 N–H and O–H groups in total. The molecule has 0 radical (unpaired) electrons. The van der Waals surface area contributed by atoms with Crippen LogP contribution in [0, 0.1) is 5.41 Å². The van der Waals surface area contributed by atoms with Crippen molar-refractivity contribution in [3.63, 3.8) is 0 Å². The van der Waals surface area contributed by atoms with E-state index in [-0.39, 0.29) is 24.3 Å². The van der Waals surface area contributed by atoms with Gasteiger partial charge in [-0.05, 0) is 61.5 Å². The van der Waals surface area contributed by atoms with E-state index in [0.717, 1.165) is 5.69 Å². The lowest BCUT2D eigenvalue weighted by Gasteiger charge is -2.21. The predicted molar refractivity (Wildman–Crippen MR) is 142 cm³/mol. The number of nitrogens with zero attached hydrogens (tertiary/aromatic N) is 1. The minimum Gasteiger partial charge on any atom is -0.376 e. The number of benzene rings is 3. The molecule has 0 heterocycles.